The summed E-state index contributed by atoms with van der Waals surface area (Å²) in [6.45, 7) is 5.37. The van der Waals surface area contributed by atoms with Crippen LogP contribution in [0.4, 0.5) is 4.79 Å². The van der Waals surface area contributed by atoms with Crippen molar-refractivity contribution in [3.05, 3.63) is 12.7 Å². The number of rotatable bonds is 4. The summed E-state index contributed by atoms with van der Waals surface area (Å²) < 4.78 is 4.17. The zero-order valence-electron chi connectivity index (χ0n) is 7.90. The Hall–Kier alpha value is -1.07. The fourth-order valence-corrected chi connectivity index (χ4v) is 0.508. The predicted octanol–water partition coefficient (Wildman–Crippen LogP) is 1.36. The first-order chi connectivity index (χ1) is 6.43. The third-order valence-corrected chi connectivity index (χ3v) is 1.08. The maximum absolute atomic E-state index is 9.84. The van der Waals surface area contributed by atoms with Gasteiger partial charge in [0.1, 0.15) is 0 Å². The molecule has 0 aromatic heterocycles. The van der Waals surface area contributed by atoms with Crippen LogP contribution in [0.1, 0.15) is 13.3 Å². The monoisotopic (exact) mass is 223 g/mol. The van der Waals surface area contributed by atoms with Crippen molar-refractivity contribution in [2.24, 2.45) is 5.73 Å². The molecule has 0 aliphatic carbocycles. The Labute approximate surface area is 87.5 Å². The largest absolute Gasteiger partial charge is 0.481 e. The molecular weight excluding hydrogens is 210 g/mol. The van der Waals surface area contributed by atoms with Gasteiger partial charge in [-0.15, -0.1) is 6.58 Å². The van der Waals surface area contributed by atoms with Gasteiger partial charge in [0.15, 0.2) is 0 Å². The van der Waals surface area contributed by atoms with Crippen LogP contribution in [0.25, 0.3) is 0 Å². The summed E-state index contributed by atoms with van der Waals surface area (Å²) in [5.41, 5.74) is 4.44. The minimum Gasteiger partial charge on any atom is -0.481 e. The molecule has 0 unspecified atom stereocenters. The lowest BCUT2D eigenvalue weighted by molar-refractivity contribution is -0.137. The van der Waals surface area contributed by atoms with Gasteiger partial charge in [-0.3, -0.25) is 4.79 Å². The van der Waals surface area contributed by atoms with E-state index in [0.29, 0.717) is 6.61 Å². The molecule has 0 heterocycles. The van der Waals surface area contributed by atoms with Crippen molar-refractivity contribution in [1.29, 1.82) is 0 Å². The Morgan fingerprint density at radius 3 is 2.29 bits per heavy atom. The maximum atomic E-state index is 9.84. The second-order valence-electron chi connectivity index (χ2n) is 2.17. The topological polar surface area (TPSA) is 89.6 Å². The first-order valence-corrected chi connectivity index (χ1v) is 4.24. The summed E-state index contributed by atoms with van der Waals surface area (Å²) >= 11 is 4.72. The van der Waals surface area contributed by atoms with Crippen LogP contribution in [0.15, 0.2) is 12.7 Å². The Morgan fingerprint density at radius 2 is 2.21 bits per heavy atom. The van der Waals surface area contributed by atoms with Crippen LogP contribution in [0.5, 0.6) is 0 Å². The molecule has 0 aliphatic heterocycles. The van der Waals surface area contributed by atoms with Gasteiger partial charge in [-0.2, -0.15) is 0 Å². The highest BCUT2D eigenvalue weighted by molar-refractivity contribution is 6.61. The summed E-state index contributed by atoms with van der Waals surface area (Å²) in [4.78, 5) is 19.4. The number of nitrogens with two attached hydrogens (primary N) is 1. The second kappa shape index (κ2) is 10.0. The van der Waals surface area contributed by atoms with Gasteiger partial charge in [0, 0.05) is 17.6 Å². The van der Waals surface area contributed by atoms with E-state index in [4.69, 9.17) is 22.4 Å². The molecule has 0 radical (unpaired) electrons. The molecule has 3 N–H and O–H groups in total. The fourth-order valence-electron chi connectivity index (χ4n) is 0.398. The molecule has 0 spiro atoms. The molecule has 0 amide bonds. The van der Waals surface area contributed by atoms with Crippen LogP contribution in [-0.2, 0) is 9.53 Å². The molecule has 0 rings (SSSR count). The van der Waals surface area contributed by atoms with Crippen molar-refractivity contribution in [1.82, 2.24) is 0 Å². The fraction of sp³-hybridized carbons (Fsp3) is 0.500. The summed E-state index contributed by atoms with van der Waals surface area (Å²) in [5, 5.41) is 8.09. The smallest absolute Gasteiger partial charge is 0.403 e. The number of carboxylic acid groups (broad SMARTS) is 1. The van der Waals surface area contributed by atoms with E-state index in [1.165, 1.54) is 6.08 Å². The van der Waals surface area contributed by atoms with Crippen molar-refractivity contribution in [3.63, 3.8) is 0 Å². The van der Waals surface area contributed by atoms with E-state index >= 15 is 0 Å². The molecule has 1 atom stereocenters. The minimum atomic E-state index is -0.891. The van der Waals surface area contributed by atoms with Crippen molar-refractivity contribution in [2.45, 2.75) is 19.4 Å². The lowest BCUT2D eigenvalue weighted by Crippen LogP contribution is -2.20. The van der Waals surface area contributed by atoms with Gasteiger partial charge >= 0.3 is 11.4 Å². The minimum absolute atomic E-state index is 0.0382. The van der Waals surface area contributed by atoms with Crippen molar-refractivity contribution in [3.8, 4) is 0 Å². The van der Waals surface area contributed by atoms with E-state index < -0.39 is 17.4 Å². The zero-order chi connectivity index (χ0) is 11.6. The standard InChI is InChI=1S/C5H9NO2.C3H5ClO2/c1-2-4(6)3-5(7)8;1-2-6-3(4)5/h2,4H,1,3,6H2,(H,7,8);2H2,1H3/t4-;/m1./s1. The molecule has 0 fully saturated rings. The third-order valence-electron chi connectivity index (χ3n) is 0.971. The molecule has 6 heteroatoms. The average molecular weight is 224 g/mol. The van der Waals surface area contributed by atoms with Gasteiger partial charge in [-0.05, 0) is 6.92 Å². The summed E-state index contributed by atoms with van der Waals surface area (Å²) in [6.07, 6.45) is 1.37. The molecule has 5 nitrogen and oxygen atoms in total. The van der Waals surface area contributed by atoms with Gasteiger partial charge < -0.3 is 15.6 Å². The molecule has 0 bridgehead atoms. The lowest BCUT2D eigenvalue weighted by Gasteiger charge is -1.97. The lowest BCUT2D eigenvalue weighted by atomic mass is 10.2. The normalized spacial score (nSPS) is 10.5. The highest BCUT2D eigenvalue weighted by Gasteiger charge is 2.01. The van der Waals surface area contributed by atoms with Gasteiger partial charge in [-0.25, -0.2) is 4.79 Å². The number of ether oxygens (including phenoxy) is 1. The van der Waals surface area contributed by atoms with Crippen molar-refractivity contribution in [2.75, 3.05) is 6.61 Å². The number of aliphatic carboxylic acids is 1. The van der Waals surface area contributed by atoms with Gasteiger partial charge in [0.2, 0.25) is 0 Å². The molecule has 0 aromatic carbocycles. The van der Waals surface area contributed by atoms with E-state index in [2.05, 4.69) is 11.3 Å². The van der Waals surface area contributed by atoms with Gasteiger partial charge in [0.25, 0.3) is 0 Å². The van der Waals surface area contributed by atoms with E-state index in [1.54, 1.807) is 6.92 Å². The number of carboxylic acids is 1. The molecule has 14 heavy (non-hydrogen) atoms. The second-order valence-corrected chi connectivity index (χ2v) is 2.48. The summed E-state index contributed by atoms with van der Waals surface area (Å²) in [5.74, 6) is -0.891. The Balaban J connectivity index is 0. The van der Waals surface area contributed by atoms with Crippen LogP contribution < -0.4 is 5.73 Å². The van der Waals surface area contributed by atoms with E-state index in [9.17, 15) is 9.59 Å². The van der Waals surface area contributed by atoms with Crippen LogP contribution in [0.2, 0.25) is 0 Å². The van der Waals surface area contributed by atoms with Crippen LogP contribution in [-0.4, -0.2) is 29.2 Å². The number of hydrogen-bond acceptors (Lipinski definition) is 4. The first-order valence-electron chi connectivity index (χ1n) is 3.86. The maximum Gasteiger partial charge on any atom is 0.403 e. The first kappa shape index (κ1) is 15.4. The third kappa shape index (κ3) is 17.1. The van der Waals surface area contributed by atoms with E-state index in [1.807, 2.05) is 0 Å². The zero-order valence-corrected chi connectivity index (χ0v) is 8.66. The number of carbonyl (C=O) groups is 2. The van der Waals surface area contributed by atoms with Crippen LogP contribution in [0.3, 0.4) is 0 Å². The van der Waals surface area contributed by atoms with E-state index in [-0.39, 0.29) is 6.42 Å². The van der Waals surface area contributed by atoms with E-state index in [0.717, 1.165) is 0 Å². The Bertz CT molecular complexity index is 196. The SMILES string of the molecule is C=C[C@@H](N)CC(=O)O.CCOC(=O)Cl. The van der Waals surface area contributed by atoms with Crippen molar-refractivity contribution >= 4 is 23.0 Å². The van der Waals surface area contributed by atoms with Gasteiger partial charge in [0.05, 0.1) is 13.0 Å². The van der Waals surface area contributed by atoms with Gasteiger partial charge in [-0.1, -0.05) is 6.08 Å². The quantitative estimate of drug-likeness (QED) is 0.555. The predicted molar refractivity (Wildman–Crippen MR) is 53.3 cm³/mol. The molecule has 0 aliphatic rings. The number of halogens is 1. The highest BCUT2D eigenvalue weighted by atomic mass is 35.5. The highest BCUT2D eigenvalue weighted by Crippen LogP contribution is 1.86. The van der Waals surface area contributed by atoms with Crippen molar-refractivity contribution < 1.29 is 19.4 Å². The molecule has 82 valence electrons. The summed E-state index contributed by atoms with van der Waals surface area (Å²) in [7, 11) is 0. The Kier molecular flexibility index (Phi) is 11.0. The average Bonchev–Trinajstić information content (AvgIpc) is 2.03. The molecule has 0 saturated heterocycles. The molecular formula is C8H14ClNO4. The molecule has 0 aromatic rings. The van der Waals surface area contributed by atoms with Crippen LogP contribution >= 0.6 is 11.6 Å². The molecule has 0 saturated carbocycles. The number of carbonyl (C=O) groups excluding carboxylic acids is 1. The summed E-state index contributed by atoms with van der Waals surface area (Å²) in [6, 6.07) is -0.410. The van der Waals surface area contributed by atoms with Crippen LogP contribution in [0, 0.1) is 0 Å². The number of hydrogen-bond donors (Lipinski definition) is 2. The Morgan fingerprint density at radius 1 is 1.71 bits per heavy atom.